The van der Waals surface area contributed by atoms with E-state index in [1.807, 2.05) is 61.5 Å². The number of benzene rings is 4. The molecule has 14 nitrogen and oxygen atoms in total. The zero-order valence-electron chi connectivity index (χ0n) is 36.3. The number of aromatic nitrogens is 4. The minimum absolute atomic E-state index is 0.109. The minimum atomic E-state index is -0.890. The molecule has 0 spiro atoms. The van der Waals surface area contributed by atoms with Crippen LogP contribution in [0.5, 0.6) is 0 Å². The van der Waals surface area contributed by atoms with E-state index in [9.17, 15) is 19.2 Å². The van der Waals surface area contributed by atoms with E-state index in [0.29, 0.717) is 24.5 Å². The topological polar surface area (TPSA) is 175 Å². The second kappa shape index (κ2) is 18.6. The van der Waals surface area contributed by atoms with Gasteiger partial charge in [0.2, 0.25) is 5.91 Å². The van der Waals surface area contributed by atoms with Crippen LogP contribution >= 0.6 is 0 Å². The SMILES string of the molecule is COC(=O)NC(C(=O)N1CCCC1c1ncc(-c2ccc3cc(-c4ccc(-c5cnc(C6CCCN6C(=O)C(NC(=O)OC(C)C)c6ccccc6)[nH]5)cc4)ccc3c2)[nH]1)C(C)C. The molecule has 0 saturated carbocycles. The van der Waals surface area contributed by atoms with Gasteiger partial charge in [-0.1, -0.05) is 92.7 Å². The standard InChI is InChI=1S/C49H54N8O6/c1-29(2)42(54-48(60)62-5)46(58)56-23-9-13-40(56)45-51-28-39(53-45)37-22-21-35-25-34(19-20-36(35)26-37)31-15-17-32(18-16-31)38-27-50-44(52-38)41-14-10-24-57(41)47(59)43(33-11-7-6-8-12-33)55-49(61)63-30(3)4/h6-8,11-12,15-22,25-30,40-43H,9-10,13-14,23-24H2,1-5H3,(H,50,52)(H,51,53)(H,54,60)(H,55,61). The number of nitrogens with one attached hydrogen (secondary N) is 4. The van der Waals surface area contributed by atoms with Crippen LogP contribution in [0.25, 0.3) is 44.4 Å². The molecule has 326 valence electrons. The maximum absolute atomic E-state index is 14.1. The van der Waals surface area contributed by atoms with E-state index in [1.54, 1.807) is 18.7 Å². The maximum atomic E-state index is 14.1. The highest BCUT2D eigenvalue weighted by Gasteiger charge is 2.39. The molecule has 4 aromatic carbocycles. The van der Waals surface area contributed by atoms with Crippen molar-refractivity contribution < 1.29 is 28.7 Å². The summed E-state index contributed by atoms with van der Waals surface area (Å²) in [6.07, 6.45) is 5.24. The average Bonchev–Trinajstić information content (AvgIpc) is 4.14. The largest absolute Gasteiger partial charge is 0.453 e. The molecule has 2 saturated heterocycles. The van der Waals surface area contributed by atoms with Crippen molar-refractivity contribution in [3.63, 3.8) is 0 Å². The van der Waals surface area contributed by atoms with Gasteiger partial charge in [-0.15, -0.1) is 0 Å². The molecule has 2 fully saturated rings. The minimum Gasteiger partial charge on any atom is -0.453 e. The van der Waals surface area contributed by atoms with Crippen molar-refractivity contribution in [3.05, 3.63) is 121 Å². The van der Waals surface area contributed by atoms with Crippen LogP contribution in [0.15, 0.2) is 103 Å². The Morgan fingerprint density at radius 2 is 1.19 bits per heavy atom. The van der Waals surface area contributed by atoms with Gasteiger partial charge in [0.1, 0.15) is 23.7 Å². The van der Waals surface area contributed by atoms with Crippen LogP contribution in [-0.4, -0.2) is 86.1 Å². The second-order valence-corrected chi connectivity index (χ2v) is 16.9. The molecule has 0 radical (unpaired) electrons. The van der Waals surface area contributed by atoms with E-state index >= 15 is 0 Å². The first-order valence-electron chi connectivity index (χ1n) is 21.7. The highest BCUT2D eigenvalue weighted by atomic mass is 16.6. The van der Waals surface area contributed by atoms with Gasteiger partial charge in [0.15, 0.2) is 0 Å². The molecule has 4 atom stereocenters. The Morgan fingerprint density at radius 3 is 1.78 bits per heavy atom. The number of carbonyl (C=O) groups excluding carboxylic acids is 4. The number of methoxy groups -OCH3 is 1. The van der Waals surface area contributed by atoms with Gasteiger partial charge in [0.05, 0.1) is 49.1 Å². The van der Waals surface area contributed by atoms with Gasteiger partial charge < -0.3 is 39.9 Å². The number of aromatic amines is 2. The second-order valence-electron chi connectivity index (χ2n) is 16.9. The summed E-state index contributed by atoms with van der Waals surface area (Å²) in [7, 11) is 1.29. The first-order valence-corrected chi connectivity index (χ1v) is 21.7. The molecule has 14 heteroatoms. The maximum Gasteiger partial charge on any atom is 0.408 e. The molecular weight excluding hydrogens is 797 g/mol. The summed E-state index contributed by atoms with van der Waals surface area (Å²) in [5.41, 5.74) is 6.52. The number of ether oxygens (including phenoxy) is 2. The smallest absolute Gasteiger partial charge is 0.408 e. The number of hydrogen-bond acceptors (Lipinski definition) is 8. The molecule has 4 heterocycles. The zero-order chi connectivity index (χ0) is 44.2. The van der Waals surface area contributed by atoms with Gasteiger partial charge in [-0.2, -0.15) is 0 Å². The number of amides is 4. The lowest BCUT2D eigenvalue weighted by Crippen LogP contribution is -2.51. The van der Waals surface area contributed by atoms with Crippen LogP contribution < -0.4 is 10.6 Å². The van der Waals surface area contributed by atoms with Crippen LogP contribution in [0.2, 0.25) is 0 Å². The lowest BCUT2D eigenvalue weighted by atomic mass is 9.98. The van der Waals surface area contributed by atoms with Gasteiger partial charge in [-0.05, 0) is 90.6 Å². The van der Waals surface area contributed by atoms with Crippen molar-refractivity contribution in [3.8, 4) is 33.6 Å². The molecule has 63 heavy (non-hydrogen) atoms. The fraction of sp³-hybridized carbons (Fsp3) is 0.347. The van der Waals surface area contributed by atoms with Gasteiger partial charge in [-0.3, -0.25) is 9.59 Å². The Balaban J connectivity index is 0.939. The Hall–Kier alpha value is -6.96. The van der Waals surface area contributed by atoms with E-state index in [2.05, 4.69) is 81.3 Å². The van der Waals surface area contributed by atoms with Gasteiger partial charge >= 0.3 is 12.2 Å². The van der Waals surface area contributed by atoms with Crippen LogP contribution in [-0.2, 0) is 19.1 Å². The summed E-state index contributed by atoms with van der Waals surface area (Å²) in [6, 6.07) is 28.3. The van der Waals surface area contributed by atoms with Gasteiger partial charge in [0.25, 0.3) is 5.91 Å². The summed E-state index contributed by atoms with van der Waals surface area (Å²) in [6.45, 7) is 8.49. The molecule has 0 bridgehead atoms. The first kappa shape index (κ1) is 42.7. The van der Waals surface area contributed by atoms with Crippen LogP contribution in [0.3, 0.4) is 0 Å². The summed E-state index contributed by atoms with van der Waals surface area (Å²) in [5.74, 6) is 0.978. The Morgan fingerprint density at radius 1 is 0.651 bits per heavy atom. The number of imidazole rings is 2. The van der Waals surface area contributed by atoms with E-state index in [0.717, 1.165) is 75.9 Å². The highest BCUT2D eigenvalue weighted by molar-refractivity contribution is 5.91. The van der Waals surface area contributed by atoms with Crippen molar-refractivity contribution in [2.75, 3.05) is 20.2 Å². The van der Waals surface area contributed by atoms with Crippen LogP contribution in [0, 0.1) is 5.92 Å². The average molecular weight is 851 g/mol. The fourth-order valence-corrected chi connectivity index (χ4v) is 8.71. The molecule has 8 rings (SSSR count). The predicted octanol–water partition coefficient (Wildman–Crippen LogP) is 8.87. The normalized spacial score (nSPS) is 17.3. The first-order chi connectivity index (χ1) is 30.5. The lowest BCUT2D eigenvalue weighted by molar-refractivity contribution is -0.136. The number of H-pyrrole nitrogens is 2. The predicted molar refractivity (Wildman–Crippen MR) is 240 cm³/mol. The molecule has 4 unspecified atom stereocenters. The number of fused-ring (bicyclic) bond motifs is 1. The summed E-state index contributed by atoms with van der Waals surface area (Å²) >= 11 is 0. The van der Waals surface area contributed by atoms with Crippen LogP contribution in [0.4, 0.5) is 9.59 Å². The van der Waals surface area contributed by atoms with Crippen molar-refractivity contribution >= 4 is 34.8 Å². The molecule has 6 aromatic rings. The number of rotatable bonds is 12. The van der Waals surface area contributed by atoms with Crippen molar-refractivity contribution in [2.24, 2.45) is 5.92 Å². The molecule has 0 aliphatic carbocycles. The lowest BCUT2D eigenvalue weighted by Gasteiger charge is -2.30. The quantitative estimate of drug-likeness (QED) is 0.0945. The van der Waals surface area contributed by atoms with Crippen LogP contribution in [0.1, 0.15) is 88.7 Å². The highest BCUT2D eigenvalue weighted by Crippen LogP contribution is 2.36. The molecule has 2 aliphatic rings. The van der Waals surface area contributed by atoms with Crippen molar-refractivity contribution in [1.29, 1.82) is 0 Å². The van der Waals surface area contributed by atoms with Gasteiger partial charge in [0, 0.05) is 18.7 Å². The Kier molecular flexibility index (Phi) is 12.6. The molecular formula is C49H54N8O6. The monoisotopic (exact) mass is 850 g/mol. The molecule has 4 N–H and O–H groups in total. The van der Waals surface area contributed by atoms with Gasteiger partial charge in [-0.25, -0.2) is 19.6 Å². The third-order valence-electron chi connectivity index (χ3n) is 12.0. The molecule has 2 aliphatic heterocycles. The van der Waals surface area contributed by atoms with E-state index in [1.165, 1.54) is 7.11 Å². The summed E-state index contributed by atoms with van der Waals surface area (Å²) in [5, 5.41) is 7.69. The fourth-order valence-electron chi connectivity index (χ4n) is 8.71. The molecule has 4 amide bonds. The number of hydrogen-bond donors (Lipinski definition) is 4. The number of nitrogens with zero attached hydrogens (tertiary/aromatic N) is 4. The zero-order valence-corrected chi connectivity index (χ0v) is 36.3. The Labute approximate surface area is 366 Å². The summed E-state index contributed by atoms with van der Waals surface area (Å²) < 4.78 is 10.1. The van der Waals surface area contributed by atoms with E-state index in [-0.39, 0.29) is 35.9 Å². The van der Waals surface area contributed by atoms with Crippen molar-refractivity contribution in [2.45, 2.75) is 83.6 Å². The molecule has 2 aromatic heterocycles. The third kappa shape index (κ3) is 9.30. The van der Waals surface area contributed by atoms with E-state index < -0.39 is 24.3 Å². The third-order valence-corrected chi connectivity index (χ3v) is 12.0. The van der Waals surface area contributed by atoms with E-state index in [4.69, 9.17) is 19.4 Å². The number of alkyl carbamates (subject to hydrolysis) is 2. The van der Waals surface area contributed by atoms with Crippen molar-refractivity contribution in [1.82, 2.24) is 40.4 Å². The number of carbonyl (C=O) groups is 4. The number of likely N-dealkylation sites (tertiary alicyclic amines) is 2. The Bertz CT molecular complexity index is 2590. The summed E-state index contributed by atoms with van der Waals surface area (Å²) in [4.78, 5) is 72.4.